The summed E-state index contributed by atoms with van der Waals surface area (Å²) in [6.07, 6.45) is 34.2. The van der Waals surface area contributed by atoms with Gasteiger partial charge in [-0.15, -0.1) is 0 Å². The lowest BCUT2D eigenvalue weighted by atomic mass is 10.0. The fraction of sp³-hybridized carbons (Fsp3) is 0.909. The number of unbranched alkanes of at least 4 members (excludes halogenated alkanes) is 26. The molecule has 3 atom stereocenters. The topological polar surface area (TPSA) is 137 Å². The Morgan fingerprint density at radius 1 is 0.667 bits per heavy atom. The van der Waals surface area contributed by atoms with E-state index >= 15 is 0 Å². The lowest BCUT2D eigenvalue weighted by Crippen LogP contribution is -2.34. The highest BCUT2D eigenvalue weighted by molar-refractivity contribution is 7.48. The highest BCUT2D eigenvalue weighted by Crippen LogP contribution is 2.51. The van der Waals surface area contributed by atoms with Crippen LogP contribution < -0.4 is 11.2 Å². The SMILES string of the molecule is CCCCCCCCCCCCCCCCOC(OCCCCCCCCCCCCCCCC)OC1CC(n2cc(C)c(=O)[nH]c2=O)OC1OP(=O)(OC)OC. The van der Waals surface area contributed by atoms with E-state index in [1.807, 2.05) is 0 Å². The quantitative estimate of drug-likeness (QED) is 0.0388. The Balaban J connectivity index is 1.85. The van der Waals surface area contributed by atoms with Gasteiger partial charge in [-0.05, 0) is 19.8 Å². The number of ether oxygens (including phenoxy) is 4. The second-order valence-electron chi connectivity index (χ2n) is 16.0. The number of hydrogen-bond acceptors (Lipinski definition) is 10. The molecule has 1 aromatic heterocycles. The molecule has 0 aliphatic carbocycles. The largest absolute Gasteiger partial charge is 0.476 e. The zero-order valence-corrected chi connectivity index (χ0v) is 37.7. The van der Waals surface area contributed by atoms with Crippen molar-refractivity contribution in [2.75, 3.05) is 27.4 Å². The lowest BCUT2D eigenvalue weighted by Gasteiger charge is -2.26. The monoisotopic (exact) mass is 831 g/mol. The highest BCUT2D eigenvalue weighted by atomic mass is 31.2. The zero-order valence-electron chi connectivity index (χ0n) is 36.8. The summed E-state index contributed by atoms with van der Waals surface area (Å²) < 4.78 is 54.7. The molecular formula is C44H83N2O10P. The Bertz CT molecular complexity index is 1230. The summed E-state index contributed by atoms with van der Waals surface area (Å²) in [5.41, 5.74) is -0.784. The summed E-state index contributed by atoms with van der Waals surface area (Å²) in [5, 5.41) is 0. The first-order valence-corrected chi connectivity index (χ1v) is 24.5. The van der Waals surface area contributed by atoms with Gasteiger partial charge in [0.1, 0.15) is 12.3 Å². The smallest absolute Gasteiger partial charge is 0.330 e. The molecule has 0 aromatic carbocycles. The molecule has 1 fully saturated rings. The van der Waals surface area contributed by atoms with Crippen LogP contribution in [0.4, 0.5) is 0 Å². The van der Waals surface area contributed by atoms with Crippen LogP contribution in [-0.4, -0.2) is 55.9 Å². The van der Waals surface area contributed by atoms with E-state index in [1.165, 1.54) is 166 Å². The third-order valence-corrected chi connectivity index (χ3v) is 12.3. The third-order valence-electron chi connectivity index (χ3n) is 11.0. The Labute approximate surface area is 345 Å². The molecule has 1 saturated heterocycles. The number of aryl methyl sites for hydroxylation is 1. The van der Waals surface area contributed by atoms with Gasteiger partial charge in [0.25, 0.3) is 12.0 Å². The molecule has 1 N–H and O–H groups in total. The molecule has 1 aliphatic heterocycles. The van der Waals surface area contributed by atoms with E-state index in [2.05, 4.69) is 18.8 Å². The van der Waals surface area contributed by atoms with E-state index in [1.54, 1.807) is 6.92 Å². The standard InChI is InChI=1S/C44H83N2O10P/c1-6-8-10-12-14-16-18-20-22-24-26-28-30-32-34-52-44(53-35-33-31-29-27-25-23-21-19-17-15-13-11-9-7-2)54-39-36-40(46-37-38(3)41(47)45-43(46)48)55-42(39)56-57(49,50-4)51-5/h37,39-40,42,44H,6-36H2,1-5H3,(H,45,47,48). The van der Waals surface area contributed by atoms with Crippen LogP contribution in [0.25, 0.3) is 0 Å². The molecule has 3 unspecified atom stereocenters. The van der Waals surface area contributed by atoms with Gasteiger partial charge in [0.05, 0.1) is 13.2 Å². The Hall–Kier alpha value is -1.37. The van der Waals surface area contributed by atoms with Crippen molar-refractivity contribution < 1.29 is 37.1 Å². The van der Waals surface area contributed by atoms with Crippen molar-refractivity contribution in [3.8, 4) is 0 Å². The number of rotatable bonds is 39. The Kier molecular flexibility index (Phi) is 30.3. The van der Waals surface area contributed by atoms with Crippen molar-refractivity contribution in [3.63, 3.8) is 0 Å². The van der Waals surface area contributed by atoms with Gasteiger partial charge in [0, 0.05) is 32.4 Å². The fourth-order valence-electron chi connectivity index (χ4n) is 7.31. The molecule has 0 spiro atoms. The fourth-order valence-corrected chi connectivity index (χ4v) is 8.07. The average Bonchev–Trinajstić information content (AvgIpc) is 3.59. The molecular weight excluding hydrogens is 747 g/mol. The molecule has 12 nitrogen and oxygen atoms in total. The van der Waals surface area contributed by atoms with E-state index in [-0.39, 0.29) is 6.42 Å². The first-order chi connectivity index (χ1) is 27.8. The number of aromatic nitrogens is 2. The molecule has 0 saturated carbocycles. The predicted octanol–water partition coefficient (Wildman–Crippen LogP) is 12.2. The van der Waals surface area contributed by atoms with Crippen molar-refractivity contribution in [1.82, 2.24) is 9.55 Å². The van der Waals surface area contributed by atoms with Crippen molar-refractivity contribution in [1.29, 1.82) is 0 Å². The van der Waals surface area contributed by atoms with E-state index in [4.69, 9.17) is 32.5 Å². The summed E-state index contributed by atoms with van der Waals surface area (Å²) >= 11 is 0. The van der Waals surface area contributed by atoms with Crippen LogP contribution in [0.1, 0.15) is 212 Å². The second kappa shape index (κ2) is 33.4. The molecule has 1 aromatic rings. The van der Waals surface area contributed by atoms with Gasteiger partial charge in [0.15, 0.2) is 6.29 Å². The maximum absolute atomic E-state index is 13.0. The normalized spacial score (nSPS) is 17.3. The number of aromatic amines is 1. The first kappa shape index (κ1) is 51.8. The highest BCUT2D eigenvalue weighted by Gasteiger charge is 2.44. The molecule has 0 amide bonds. The molecule has 13 heteroatoms. The summed E-state index contributed by atoms with van der Waals surface area (Å²) in [4.78, 5) is 27.1. The average molecular weight is 831 g/mol. The van der Waals surface area contributed by atoms with Gasteiger partial charge in [-0.25, -0.2) is 9.36 Å². The van der Waals surface area contributed by atoms with E-state index < -0.39 is 44.2 Å². The van der Waals surface area contributed by atoms with Gasteiger partial charge in [-0.1, -0.05) is 181 Å². The molecule has 334 valence electrons. The summed E-state index contributed by atoms with van der Waals surface area (Å²) in [6.45, 7) is 6.02. The van der Waals surface area contributed by atoms with Gasteiger partial charge in [0.2, 0.25) is 0 Å². The minimum Gasteiger partial charge on any atom is -0.330 e. The minimum absolute atomic E-state index is 0.129. The second-order valence-corrected chi connectivity index (χ2v) is 17.8. The third kappa shape index (κ3) is 23.9. The van der Waals surface area contributed by atoms with Crippen molar-refractivity contribution >= 4 is 7.82 Å². The van der Waals surface area contributed by atoms with Crippen LogP contribution in [0.3, 0.4) is 0 Å². The minimum atomic E-state index is -4.00. The summed E-state index contributed by atoms with van der Waals surface area (Å²) in [5.74, 6) is 0. The number of nitrogens with one attached hydrogen (secondary N) is 1. The lowest BCUT2D eigenvalue weighted by molar-refractivity contribution is -0.317. The summed E-state index contributed by atoms with van der Waals surface area (Å²) in [7, 11) is -1.57. The summed E-state index contributed by atoms with van der Waals surface area (Å²) in [6, 6.07) is 0. The Morgan fingerprint density at radius 3 is 1.44 bits per heavy atom. The van der Waals surface area contributed by atoms with Crippen LogP contribution in [0, 0.1) is 6.92 Å². The van der Waals surface area contributed by atoms with E-state index in [0.29, 0.717) is 18.8 Å². The van der Waals surface area contributed by atoms with Crippen LogP contribution in [0.5, 0.6) is 0 Å². The van der Waals surface area contributed by atoms with Gasteiger partial charge in [-0.3, -0.25) is 27.9 Å². The molecule has 0 bridgehead atoms. The van der Waals surface area contributed by atoms with Crippen molar-refractivity contribution in [3.05, 3.63) is 32.6 Å². The van der Waals surface area contributed by atoms with E-state index in [0.717, 1.165) is 38.5 Å². The maximum Gasteiger partial charge on any atom is 0.476 e. The zero-order chi connectivity index (χ0) is 41.4. The van der Waals surface area contributed by atoms with Crippen molar-refractivity contribution in [2.24, 2.45) is 0 Å². The van der Waals surface area contributed by atoms with Crippen LogP contribution in [0.15, 0.2) is 15.8 Å². The van der Waals surface area contributed by atoms with E-state index in [9.17, 15) is 14.2 Å². The number of phosphoric ester groups is 1. The number of nitrogens with zero attached hydrogens (tertiary/aromatic N) is 1. The molecule has 0 radical (unpaired) electrons. The van der Waals surface area contributed by atoms with Crippen LogP contribution in [-0.2, 0) is 37.1 Å². The number of H-pyrrole nitrogens is 1. The van der Waals surface area contributed by atoms with Crippen LogP contribution >= 0.6 is 7.82 Å². The predicted molar refractivity (Wildman–Crippen MR) is 228 cm³/mol. The van der Waals surface area contributed by atoms with Crippen LogP contribution in [0.2, 0.25) is 0 Å². The maximum atomic E-state index is 13.0. The molecule has 2 rings (SSSR count). The molecule has 57 heavy (non-hydrogen) atoms. The van der Waals surface area contributed by atoms with Gasteiger partial charge in [-0.2, -0.15) is 0 Å². The van der Waals surface area contributed by atoms with Crippen molar-refractivity contribution in [2.45, 2.75) is 232 Å². The molecule has 2 heterocycles. The van der Waals surface area contributed by atoms with Gasteiger partial charge >= 0.3 is 13.5 Å². The molecule has 1 aliphatic rings. The number of hydrogen-bond donors (Lipinski definition) is 1. The van der Waals surface area contributed by atoms with Gasteiger partial charge < -0.3 is 18.9 Å². The Morgan fingerprint density at radius 2 is 1.05 bits per heavy atom. The number of phosphoric acid groups is 1. The first-order valence-electron chi connectivity index (χ1n) is 23.0.